The van der Waals surface area contributed by atoms with E-state index in [0.717, 1.165) is 76.1 Å². The monoisotopic (exact) mass is 1760 g/mol. The van der Waals surface area contributed by atoms with Gasteiger partial charge in [-0.3, -0.25) is 0 Å². The number of hydrogen-bond donors (Lipinski definition) is 0. The fraction of sp³-hybridized carbons (Fsp3) is 0.831. The lowest BCUT2D eigenvalue weighted by molar-refractivity contribution is -0.0444. The van der Waals surface area contributed by atoms with E-state index in [2.05, 4.69) is 345 Å². The lowest BCUT2D eigenvalue weighted by Gasteiger charge is -2.54. The highest BCUT2D eigenvalue weighted by molar-refractivity contribution is 14.1. The van der Waals surface area contributed by atoms with Crippen molar-refractivity contribution in [3.8, 4) is 0 Å². The molecular formula is C118H199IO. The Morgan fingerprint density at radius 2 is 0.533 bits per heavy atom. The van der Waals surface area contributed by atoms with Crippen LogP contribution >= 0.6 is 22.6 Å². The molecule has 0 radical (unpaired) electrons. The summed E-state index contributed by atoms with van der Waals surface area (Å²) in [5, 5.41) is 0. The van der Waals surface area contributed by atoms with Gasteiger partial charge in [-0.15, -0.1) is 0 Å². The van der Waals surface area contributed by atoms with Crippen LogP contribution < -0.4 is 0 Å². The van der Waals surface area contributed by atoms with Gasteiger partial charge in [-0.1, -0.05) is 393 Å². The molecule has 0 bridgehead atoms. The lowest BCUT2D eigenvalue weighted by atomic mass is 9.51. The summed E-state index contributed by atoms with van der Waals surface area (Å²) in [6.45, 7) is 89.1. The first-order valence-corrected chi connectivity index (χ1v) is 52.9. The largest absolute Gasteiger partial charge is 0.377 e. The molecule has 0 N–H and O–H groups in total. The molecule has 120 heavy (non-hydrogen) atoms. The minimum absolute atomic E-state index is 0.320. The number of halogens is 1. The SMILES string of the molecule is CC1(C)CCC(C)(C)C2=C1CCCC2.CC1(C)CCC(C)(C)C2CC=CCC21.CC1(C)CCC(C)(C)C2CCCCC21.CC1(C)CCC(C)(C)c2ccccc21.CC1C(C)(C)C2=C(CCCC2)C1(C)C.CC1C(C)(C)C2CC=CCC2C1(C)C.CC1C(C)(C)C2CCCCC2C1(C)C.CC1C(C)(C)c2ccccc2C1(C)C.ICC1CCCCO1. The Balaban J connectivity index is 0.000000154. The number of ether oxygens (including phenoxy) is 1. The molecular weight excluding hydrogens is 1560 g/mol. The van der Waals surface area contributed by atoms with Crippen molar-refractivity contribution in [3.05, 3.63) is 117 Å². The molecule has 2 aromatic carbocycles. The fourth-order valence-electron chi connectivity index (χ4n) is 29.7. The summed E-state index contributed by atoms with van der Waals surface area (Å²) < 4.78 is 6.58. The molecule has 9 unspecified atom stereocenters. The number of alkyl halides is 1. The molecule has 2 heteroatoms. The van der Waals surface area contributed by atoms with Gasteiger partial charge in [-0.2, -0.15) is 0 Å². The highest BCUT2D eigenvalue weighted by atomic mass is 127. The summed E-state index contributed by atoms with van der Waals surface area (Å²) in [5.74, 6) is 10.9. The van der Waals surface area contributed by atoms with Crippen LogP contribution in [0.25, 0.3) is 0 Å². The van der Waals surface area contributed by atoms with E-state index in [-0.39, 0.29) is 0 Å². The summed E-state index contributed by atoms with van der Waals surface area (Å²) in [7, 11) is 0. The number of fused-ring (bicyclic) bond motifs is 6. The summed E-state index contributed by atoms with van der Waals surface area (Å²) in [5.41, 5.74) is 21.3. The van der Waals surface area contributed by atoms with Gasteiger partial charge in [0.25, 0.3) is 0 Å². The molecule has 0 spiro atoms. The summed E-state index contributed by atoms with van der Waals surface area (Å²) in [6.07, 6.45) is 53.6. The smallest absolute Gasteiger partial charge is 0.0664 e. The van der Waals surface area contributed by atoms with Crippen LogP contribution in [0.3, 0.4) is 0 Å². The molecule has 1 aliphatic heterocycles. The number of hydrogen-bond acceptors (Lipinski definition) is 1. The van der Waals surface area contributed by atoms with Gasteiger partial charge in [0.1, 0.15) is 0 Å². The zero-order chi connectivity index (χ0) is 89.7. The molecule has 14 aliphatic carbocycles. The second-order valence-corrected chi connectivity index (χ2v) is 54.3. The van der Waals surface area contributed by atoms with Crippen molar-refractivity contribution in [2.24, 2.45) is 136 Å². The van der Waals surface area contributed by atoms with E-state index >= 15 is 0 Å². The molecule has 17 rings (SSSR count). The minimum Gasteiger partial charge on any atom is -0.377 e. The van der Waals surface area contributed by atoms with Crippen molar-refractivity contribution in [2.75, 3.05) is 11.0 Å². The van der Waals surface area contributed by atoms with Gasteiger partial charge in [0.2, 0.25) is 0 Å². The van der Waals surface area contributed by atoms with E-state index in [0.29, 0.717) is 98.7 Å². The van der Waals surface area contributed by atoms with Crippen LogP contribution in [0, 0.1) is 136 Å². The lowest BCUT2D eigenvalue weighted by Crippen LogP contribution is -2.45. The molecule has 0 aromatic heterocycles. The van der Waals surface area contributed by atoms with Crippen molar-refractivity contribution in [2.45, 2.75) is 476 Å². The van der Waals surface area contributed by atoms with Crippen LogP contribution in [0.4, 0.5) is 0 Å². The van der Waals surface area contributed by atoms with Crippen LogP contribution in [-0.4, -0.2) is 17.1 Å². The van der Waals surface area contributed by atoms with Crippen molar-refractivity contribution >= 4 is 22.6 Å². The van der Waals surface area contributed by atoms with E-state index in [1.54, 1.807) is 22.3 Å². The number of benzene rings is 2. The zero-order valence-electron chi connectivity index (χ0n) is 86.6. The average molecular weight is 1760 g/mol. The molecule has 684 valence electrons. The first-order valence-electron chi connectivity index (χ1n) is 51.3. The molecule has 1 saturated heterocycles. The van der Waals surface area contributed by atoms with E-state index in [4.69, 9.17) is 4.74 Å². The van der Waals surface area contributed by atoms with E-state index in [9.17, 15) is 0 Å². The van der Waals surface area contributed by atoms with Crippen molar-refractivity contribution in [1.29, 1.82) is 0 Å². The van der Waals surface area contributed by atoms with Gasteiger partial charge >= 0.3 is 0 Å². The maximum absolute atomic E-state index is 5.42. The molecule has 15 aliphatic rings. The Kier molecular flexibility index (Phi) is 32.5. The topological polar surface area (TPSA) is 9.23 Å². The Labute approximate surface area is 762 Å². The normalized spacial score (nSPS) is 34.1. The Hall–Kier alpha value is -1.91. The zero-order valence-corrected chi connectivity index (χ0v) is 88.7. The maximum Gasteiger partial charge on any atom is 0.0664 e. The van der Waals surface area contributed by atoms with Crippen LogP contribution in [0.15, 0.2) is 95.1 Å². The molecule has 1 nitrogen and oxygen atoms in total. The minimum atomic E-state index is 0.320. The molecule has 0 amide bonds. The average Bonchev–Trinajstić information content (AvgIpc) is 1.62. The first-order chi connectivity index (χ1) is 55.2. The molecule has 6 saturated carbocycles. The van der Waals surface area contributed by atoms with Crippen molar-refractivity contribution in [3.63, 3.8) is 0 Å². The number of rotatable bonds is 1. The number of allylic oxidation sites excluding steroid dienone is 8. The molecule has 9 atom stereocenters. The Bertz CT molecular complexity index is 3530. The third kappa shape index (κ3) is 21.4. The molecule has 1 heterocycles. The summed E-state index contributed by atoms with van der Waals surface area (Å²) in [4.78, 5) is 0. The Morgan fingerprint density at radius 3 is 0.842 bits per heavy atom. The highest BCUT2D eigenvalue weighted by Crippen LogP contribution is 2.67. The molecule has 7 fully saturated rings. The van der Waals surface area contributed by atoms with Gasteiger partial charge in [0, 0.05) is 11.0 Å². The van der Waals surface area contributed by atoms with Gasteiger partial charge < -0.3 is 4.74 Å². The van der Waals surface area contributed by atoms with Crippen LogP contribution in [-0.2, 0) is 26.4 Å². The van der Waals surface area contributed by atoms with Crippen molar-refractivity contribution < 1.29 is 4.74 Å². The predicted molar refractivity (Wildman–Crippen MR) is 539 cm³/mol. The summed E-state index contributed by atoms with van der Waals surface area (Å²) in [6, 6.07) is 17.8. The van der Waals surface area contributed by atoms with E-state index in [1.165, 1.54) is 210 Å². The van der Waals surface area contributed by atoms with E-state index < -0.39 is 0 Å². The van der Waals surface area contributed by atoms with Crippen LogP contribution in [0.2, 0.25) is 0 Å². The van der Waals surface area contributed by atoms with Gasteiger partial charge in [-0.25, -0.2) is 0 Å². The van der Waals surface area contributed by atoms with Crippen molar-refractivity contribution in [1.82, 2.24) is 0 Å². The predicted octanol–water partition coefficient (Wildman–Crippen LogP) is 37.0. The Morgan fingerprint density at radius 1 is 0.267 bits per heavy atom. The van der Waals surface area contributed by atoms with Crippen LogP contribution in [0.5, 0.6) is 0 Å². The van der Waals surface area contributed by atoms with Gasteiger partial charge in [0.15, 0.2) is 0 Å². The molecule has 2 aromatic rings. The maximum atomic E-state index is 5.42. The highest BCUT2D eigenvalue weighted by Gasteiger charge is 2.60. The quantitative estimate of drug-likeness (QED) is 0.157. The fourth-order valence-corrected chi connectivity index (χ4v) is 30.4. The standard InChI is InChI=1S/C14H26.2C14H24.C14H20.C14H26.2C14H24.C14H20.C6H11IO/c4*1-10-13(2,3)11-8-6-7-9-12(11)14(10,4)5;4*1-13(2)9-10-14(3,4)12-8-6-5-7-11(12)13;7-5-6-3-1-2-4-8-6/h10-12H,6-9H2,1-5H3;10H,6-9H2,1-5H3;6-7,10-12H,8-9H2,1-5H3;6-10H,1-5H3;11-12H,5-10H2,1-4H3;5-10H2,1-4H3;5-6,11-12H,7-10H2,1-4H3;5-8H,9-10H2,1-4H3;6H,1-5H2. The third-order valence-electron chi connectivity index (χ3n) is 40.9. The van der Waals surface area contributed by atoms with E-state index in [1.807, 2.05) is 11.1 Å². The third-order valence-corrected chi connectivity index (χ3v) is 41.9. The second-order valence-electron chi connectivity index (χ2n) is 53.4. The van der Waals surface area contributed by atoms with Crippen LogP contribution in [0.1, 0.15) is 471 Å². The first kappa shape index (κ1) is 102. The van der Waals surface area contributed by atoms with Gasteiger partial charge in [0.05, 0.1) is 6.10 Å². The second kappa shape index (κ2) is 38.3. The summed E-state index contributed by atoms with van der Waals surface area (Å²) >= 11 is 2.38. The van der Waals surface area contributed by atoms with Gasteiger partial charge in [-0.05, 0) is 353 Å².